The Kier molecular flexibility index (Phi) is 31.0. The number of benzene rings is 1. The summed E-state index contributed by atoms with van der Waals surface area (Å²) < 4.78 is 110. The second-order valence-electron chi connectivity index (χ2n) is 17.1. The number of hydrogen-bond acceptors (Lipinski definition) is 19. The molecule has 2 amide bonds. The lowest BCUT2D eigenvalue weighted by atomic mass is 10.0. The van der Waals surface area contributed by atoms with Crippen molar-refractivity contribution >= 4 is 46.7 Å². The van der Waals surface area contributed by atoms with E-state index in [1.165, 1.54) is 0 Å². The molecule has 2 aliphatic rings. The summed E-state index contributed by atoms with van der Waals surface area (Å²) in [4.78, 5) is 51.9. The maximum Gasteiger partial charge on any atom is 0.319 e. The average Bonchev–Trinajstić information content (AvgIpc) is 3.68. The summed E-state index contributed by atoms with van der Waals surface area (Å²) in [6.07, 6.45) is 3.11. The molecule has 4 N–H and O–H groups in total. The molecule has 0 bridgehead atoms. The molecule has 1 fully saturated rings. The smallest absolute Gasteiger partial charge is 0.319 e. The Labute approximate surface area is 439 Å². The molecule has 0 saturated carbocycles. The van der Waals surface area contributed by atoms with Crippen LogP contribution >= 0.6 is 11.3 Å². The number of nitrogens with zero attached hydrogens (tertiary/aromatic N) is 4. The molecule has 0 spiro atoms. The van der Waals surface area contributed by atoms with Crippen LogP contribution in [0.5, 0.6) is 5.75 Å². The van der Waals surface area contributed by atoms with Gasteiger partial charge in [0.1, 0.15) is 11.8 Å². The van der Waals surface area contributed by atoms with Crippen LogP contribution in [0.15, 0.2) is 22.7 Å². The van der Waals surface area contributed by atoms with E-state index in [0.717, 1.165) is 47.9 Å². The van der Waals surface area contributed by atoms with Crippen LogP contribution in [0.2, 0.25) is 0 Å². The number of amidine groups is 1. The van der Waals surface area contributed by atoms with Gasteiger partial charge in [0.2, 0.25) is 29.2 Å². The third kappa shape index (κ3) is 23.1. The molecular formula is C50H75F4N5O15S. The number of aliphatic hydroxyl groups excluding tert-OH is 2. The quantitative estimate of drug-likeness (QED) is 0.0285. The zero-order chi connectivity index (χ0) is 54.2. The number of fused-ring (bicyclic) bond motifs is 1. The summed E-state index contributed by atoms with van der Waals surface area (Å²) in [7, 11) is 0. The number of nitrogens with two attached hydrogens (primary N) is 1. The van der Waals surface area contributed by atoms with Crippen LogP contribution in [0.3, 0.4) is 0 Å². The van der Waals surface area contributed by atoms with E-state index in [4.69, 9.17) is 53.5 Å². The Hall–Kier alpha value is -4.22. The third-order valence-electron chi connectivity index (χ3n) is 11.4. The van der Waals surface area contributed by atoms with E-state index in [0.29, 0.717) is 90.3 Å². The van der Waals surface area contributed by atoms with Gasteiger partial charge in [0.15, 0.2) is 11.6 Å². The number of thiophene rings is 1. The molecule has 2 aromatic rings. The predicted octanol–water partition coefficient (Wildman–Crippen LogP) is 3.49. The monoisotopic (exact) mass is 1090 g/mol. The Morgan fingerprint density at radius 2 is 1.24 bits per heavy atom. The number of amides is 2. The minimum Gasteiger partial charge on any atom is -0.420 e. The van der Waals surface area contributed by atoms with E-state index in [1.54, 1.807) is 11.3 Å². The van der Waals surface area contributed by atoms with Gasteiger partial charge in [-0.25, -0.2) is 13.8 Å². The number of ether oxygens (including phenoxy) is 10. The number of rotatable bonds is 40. The fourth-order valence-corrected chi connectivity index (χ4v) is 8.70. The van der Waals surface area contributed by atoms with Crippen LogP contribution in [0.25, 0.3) is 6.08 Å². The molecule has 4 rings (SSSR count). The third-order valence-corrected chi connectivity index (χ3v) is 12.4. The molecule has 25 heteroatoms. The topological polar surface area (TPSA) is 232 Å². The van der Waals surface area contributed by atoms with E-state index in [2.05, 4.69) is 34.5 Å². The van der Waals surface area contributed by atoms with E-state index >= 15 is 0 Å². The molecule has 424 valence electrons. The first kappa shape index (κ1) is 63.3. The van der Waals surface area contributed by atoms with Crippen molar-refractivity contribution in [3.63, 3.8) is 0 Å². The van der Waals surface area contributed by atoms with Crippen LogP contribution < -0.4 is 10.5 Å². The SMILES string of the molecule is CCCN(CCC)C(=O)C1=Cc2sc(CN3CCN(C(=O)CCOCCOCCOCCOCCOCCOCC(OCCOCCOCCO)C(CO)C(=O)Oc4c(F)c(F)cc(F)c4F)CC3)cc2N=C(N)C1. The number of hydrogen-bond donors (Lipinski definition) is 3. The summed E-state index contributed by atoms with van der Waals surface area (Å²) in [5.41, 5.74) is 7.72. The lowest BCUT2D eigenvalue weighted by Gasteiger charge is -2.34. The van der Waals surface area contributed by atoms with Crippen molar-refractivity contribution < 1.29 is 89.5 Å². The highest BCUT2D eigenvalue weighted by molar-refractivity contribution is 7.13. The van der Waals surface area contributed by atoms with Crippen molar-refractivity contribution in [3.8, 4) is 5.75 Å². The summed E-state index contributed by atoms with van der Waals surface area (Å²) >= 11 is 1.63. The summed E-state index contributed by atoms with van der Waals surface area (Å²) in [6.45, 7) is 10.9. The average molecular weight is 1090 g/mol. The standard InChI is InChI=1S/C50H75F4N5O15S/c1-3-6-59(7-4-2)49(63)36-29-43-41(56-44(55)30-36)31-37(75-43)33-57-8-10-58(11-9-57)45(62)5-13-65-15-17-67-19-20-68-21-22-69-23-24-70-25-26-72-35-42(73-28-27-71-18-16-66-14-12-60)38(34-61)50(64)74-48-46(53)39(51)32-40(52)47(48)54/h29,31-32,38,42,60-61H,3-28,30,33-35H2,1-2H3,(H2,55,56). The largest absolute Gasteiger partial charge is 0.420 e. The van der Waals surface area contributed by atoms with Crippen molar-refractivity contribution in [2.24, 2.45) is 16.6 Å². The summed E-state index contributed by atoms with van der Waals surface area (Å²) in [5, 5.41) is 18.7. The molecule has 2 aliphatic heterocycles. The van der Waals surface area contributed by atoms with E-state index in [-0.39, 0.29) is 97.0 Å². The Morgan fingerprint density at radius 1 is 0.720 bits per heavy atom. The molecule has 2 unspecified atom stereocenters. The van der Waals surface area contributed by atoms with Gasteiger partial charge in [0.25, 0.3) is 0 Å². The van der Waals surface area contributed by atoms with E-state index < -0.39 is 53.6 Å². The van der Waals surface area contributed by atoms with Gasteiger partial charge < -0.3 is 73.1 Å². The van der Waals surface area contributed by atoms with Crippen LogP contribution in [-0.2, 0) is 63.6 Å². The van der Waals surface area contributed by atoms with Crippen LogP contribution in [0.4, 0.5) is 23.2 Å². The second kappa shape index (κ2) is 36.7. The van der Waals surface area contributed by atoms with Crippen LogP contribution in [0, 0.1) is 29.2 Å². The number of carbonyl (C=O) groups is 3. The first-order valence-electron chi connectivity index (χ1n) is 25.4. The number of esters is 1. The highest BCUT2D eigenvalue weighted by Gasteiger charge is 2.34. The molecule has 1 aromatic heterocycles. The number of carbonyl (C=O) groups excluding carboxylic acids is 3. The van der Waals surface area contributed by atoms with Crippen molar-refractivity contribution in [1.82, 2.24) is 14.7 Å². The van der Waals surface area contributed by atoms with Gasteiger partial charge in [0.05, 0.1) is 149 Å². The zero-order valence-corrected chi connectivity index (χ0v) is 43.9. The number of piperazine rings is 1. The van der Waals surface area contributed by atoms with Crippen LogP contribution in [-0.4, -0.2) is 219 Å². The number of halogens is 4. The molecule has 1 aromatic carbocycles. The van der Waals surface area contributed by atoms with Gasteiger partial charge in [-0.1, -0.05) is 13.8 Å². The maximum absolute atomic E-state index is 14.2. The molecule has 0 radical (unpaired) electrons. The molecule has 20 nitrogen and oxygen atoms in total. The molecule has 1 saturated heterocycles. The maximum atomic E-state index is 14.2. The van der Waals surface area contributed by atoms with Gasteiger partial charge >= 0.3 is 5.97 Å². The van der Waals surface area contributed by atoms with Crippen molar-refractivity contribution in [2.75, 3.05) is 165 Å². The second-order valence-corrected chi connectivity index (χ2v) is 18.3. The molecule has 75 heavy (non-hydrogen) atoms. The van der Waals surface area contributed by atoms with Gasteiger partial charge in [-0.15, -0.1) is 11.3 Å². The Bertz CT molecular complexity index is 2030. The summed E-state index contributed by atoms with van der Waals surface area (Å²) in [6, 6.07) is 2.01. The lowest BCUT2D eigenvalue weighted by Crippen LogP contribution is -2.48. The van der Waals surface area contributed by atoms with E-state index in [9.17, 15) is 37.1 Å². The minimum atomic E-state index is -1.93. The summed E-state index contributed by atoms with van der Waals surface area (Å²) in [5.74, 6) is -11.5. The zero-order valence-electron chi connectivity index (χ0n) is 43.1. The normalized spacial score (nSPS) is 14.8. The Balaban J connectivity index is 0.991. The highest BCUT2D eigenvalue weighted by atomic mass is 32.1. The van der Waals surface area contributed by atoms with Crippen molar-refractivity contribution in [1.29, 1.82) is 0 Å². The lowest BCUT2D eigenvalue weighted by molar-refractivity contribution is -0.152. The van der Waals surface area contributed by atoms with Gasteiger partial charge in [-0.2, -0.15) is 8.78 Å². The van der Waals surface area contributed by atoms with Crippen LogP contribution in [0.1, 0.15) is 49.3 Å². The molecule has 3 heterocycles. The van der Waals surface area contributed by atoms with Gasteiger partial charge in [-0.3, -0.25) is 19.3 Å². The predicted molar refractivity (Wildman–Crippen MR) is 268 cm³/mol. The minimum absolute atomic E-state index is 0.00574. The fourth-order valence-electron chi connectivity index (χ4n) is 7.59. The van der Waals surface area contributed by atoms with Gasteiger partial charge in [-0.05, 0) is 25.0 Å². The number of aliphatic hydroxyl groups is 2. The van der Waals surface area contributed by atoms with Crippen molar-refractivity contribution in [2.45, 2.75) is 52.2 Å². The first-order chi connectivity index (χ1) is 36.4. The van der Waals surface area contributed by atoms with Crippen molar-refractivity contribution in [3.05, 3.63) is 50.7 Å². The molecular weight excluding hydrogens is 1020 g/mol. The Morgan fingerprint density at radius 3 is 1.77 bits per heavy atom. The van der Waals surface area contributed by atoms with Gasteiger partial charge in [0, 0.05) is 68.8 Å². The first-order valence-corrected chi connectivity index (χ1v) is 26.2. The number of aliphatic imine (C=N–C) groups is 1. The fraction of sp³-hybridized carbons (Fsp3) is 0.680. The van der Waals surface area contributed by atoms with E-state index in [1.807, 2.05) is 15.9 Å². The molecule has 2 atom stereocenters. The highest BCUT2D eigenvalue weighted by Crippen LogP contribution is 2.36. The molecule has 0 aliphatic carbocycles.